The summed E-state index contributed by atoms with van der Waals surface area (Å²) in [5, 5.41) is 15.2. The summed E-state index contributed by atoms with van der Waals surface area (Å²) in [4.78, 5) is 73.1. The number of hydrogen-bond acceptors (Lipinski definition) is 7. The number of anilines is 1. The van der Waals surface area contributed by atoms with Crippen molar-refractivity contribution >= 4 is 57.9 Å². The largest absolute Gasteiger partial charge is 0.370 e. The average molecular weight is 688 g/mol. The fourth-order valence-corrected chi connectivity index (χ4v) is 4.81. The molecule has 5 amide bonds. The summed E-state index contributed by atoms with van der Waals surface area (Å²) in [5.41, 5.74) is 22.6. The molecule has 3 atom stereocenters. The van der Waals surface area contributed by atoms with Gasteiger partial charge in [-0.15, -0.1) is 0 Å². The molecule has 16 nitrogen and oxygen atoms in total. The number of benzene rings is 3. The van der Waals surface area contributed by atoms with Gasteiger partial charge < -0.3 is 49.5 Å². The predicted octanol–water partition coefficient (Wildman–Crippen LogP) is -0.210. The van der Waals surface area contributed by atoms with E-state index in [9.17, 15) is 24.0 Å². The molecule has 0 aliphatic rings. The Morgan fingerprint density at radius 1 is 0.660 bits per heavy atom. The van der Waals surface area contributed by atoms with Crippen LogP contribution in [0.5, 0.6) is 0 Å². The molecule has 3 aromatic carbocycles. The van der Waals surface area contributed by atoms with Crippen LogP contribution in [0.15, 0.2) is 82.8 Å². The van der Waals surface area contributed by atoms with Crippen molar-refractivity contribution in [1.29, 1.82) is 0 Å². The molecule has 16 heteroatoms. The van der Waals surface area contributed by atoms with Crippen molar-refractivity contribution in [2.75, 3.05) is 25.0 Å². The fraction of sp³-hybridized carbons (Fsp3) is 0.324. The number of fused-ring (bicyclic) bond motifs is 1. The number of guanidine groups is 2. The van der Waals surface area contributed by atoms with Gasteiger partial charge in [0.1, 0.15) is 18.1 Å². The van der Waals surface area contributed by atoms with Crippen molar-refractivity contribution in [3.63, 3.8) is 0 Å². The maximum atomic E-state index is 13.6. The minimum atomic E-state index is -1.12. The van der Waals surface area contributed by atoms with E-state index in [1.165, 1.54) is 6.92 Å². The molecule has 3 aromatic rings. The van der Waals surface area contributed by atoms with Gasteiger partial charge in [-0.3, -0.25) is 34.0 Å². The van der Waals surface area contributed by atoms with Gasteiger partial charge in [-0.05, 0) is 67.6 Å². The number of aliphatic imine (C=N–C) groups is 2. The fourth-order valence-electron chi connectivity index (χ4n) is 4.81. The van der Waals surface area contributed by atoms with Gasteiger partial charge in [0, 0.05) is 24.3 Å². The second-order valence-electron chi connectivity index (χ2n) is 11.4. The third kappa shape index (κ3) is 13.1. The molecule has 0 saturated heterocycles. The summed E-state index contributed by atoms with van der Waals surface area (Å²) < 4.78 is 0. The van der Waals surface area contributed by atoms with Crippen LogP contribution in [0.2, 0.25) is 0 Å². The third-order valence-electron chi connectivity index (χ3n) is 7.39. The van der Waals surface area contributed by atoms with E-state index in [1.54, 1.807) is 36.4 Å². The van der Waals surface area contributed by atoms with Crippen LogP contribution in [0.1, 0.15) is 43.0 Å². The van der Waals surface area contributed by atoms with E-state index < -0.39 is 54.2 Å². The van der Waals surface area contributed by atoms with E-state index >= 15 is 0 Å². The highest BCUT2D eigenvalue weighted by atomic mass is 16.2. The first-order valence-electron chi connectivity index (χ1n) is 16.1. The average Bonchev–Trinajstić information content (AvgIpc) is 3.09. The Balaban J connectivity index is 1.68. The van der Waals surface area contributed by atoms with E-state index in [4.69, 9.17) is 22.9 Å². The van der Waals surface area contributed by atoms with Gasteiger partial charge in [0.25, 0.3) is 5.91 Å². The first-order chi connectivity index (χ1) is 23.9. The van der Waals surface area contributed by atoms with Gasteiger partial charge in [0.15, 0.2) is 11.9 Å². The molecule has 0 aromatic heterocycles. The van der Waals surface area contributed by atoms with Crippen LogP contribution >= 0.6 is 0 Å². The molecule has 3 rings (SSSR count). The number of nitrogens with one attached hydrogen (secondary N) is 5. The lowest BCUT2D eigenvalue weighted by molar-refractivity contribution is -0.133. The first kappa shape index (κ1) is 38.3. The Labute approximate surface area is 289 Å². The first-order valence-corrected chi connectivity index (χ1v) is 16.1. The summed E-state index contributed by atoms with van der Waals surface area (Å²) in [6.07, 6.45) is 0.823. The molecule has 266 valence electrons. The monoisotopic (exact) mass is 687 g/mol. The molecule has 0 aliphatic heterocycles. The van der Waals surface area contributed by atoms with Crippen molar-refractivity contribution in [3.8, 4) is 0 Å². The third-order valence-corrected chi connectivity index (χ3v) is 7.39. The molecule has 0 aliphatic carbocycles. The second kappa shape index (κ2) is 19.6. The van der Waals surface area contributed by atoms with Gasteiger partial charge in [-0.2, -0.15) is 0 Å². The van der Waals surface area contributed by atoms with Crippen molar-refractivity contribution < 1.29 is 24.0 Å². The van der Waals surface area contributed by atoms with Crippen LogP contribution < -0.4 is 49.5 Å². The van der Waals surface area contributed by atoms with Crippen LogP contribution in [-0.2, 0) is 19.2 Å². The highest BCUT2D eigenvalue weighted by molar-refractivity contribution is 6.00. The van der Waals surface area contributed by atoms with Crippen LogP contribution in [0.25, 0.3) is 10.8 Å². The molecule has 50 heavy (non-hydrogen) atoms. The number of nitrogens with zero attached hydrogens (tertiary/aromatic N) is 2. The molecule has 0 fully saturated rings. The van der Waals surface area contributed by atoms with Crippen molar-refractivity contribution in [1.82, 2.24) is 21.3 Å². The second-order valence-corrected chi connectivity index (χ2v) is 11.4. The lowest BCUT2D eigenvalue weighted by Gasteiger charge is -2.24. The zero-order chi connectivity index (χ0) is 36.5. The van der Waals surface area contributed by atoms with Crippen molar-refractivity contribution in [3.05, 3.63) is 78.4 Å². The maximum Gasteiger partial charge on any atom is 0.251 e. The highest BCUT2D eigenvalue weighted by Crippen LogP contribution is 2.19. The van der Waals surface area contributed by atoms with Gasteiger partial charge in [-0.1, -0.05) is 48.5 Å². The minimum Gasteiger partial charge on any atom is -0.370 e. The topological polar surface area (TPSA) is 274 Å². The Kier molecular flexibility index (Phi) is 15.0. The summed E-state index contributed by atoms with van der Waals surface area (Å²) >= 11 is 0. The molecule has 0 saturated carbocycles. The highest BCUT2D eigenvalue weighted by Gasteiger charge is 2.28. The smallest absolute Gasteiger partial charge is 0.251 e. The minimum absolute atomic E-state index is 0.105. The maximum absolute atomic E-state index is 13.6. The van der Waals surface area contributed by atoms with Gasteiger partial charge in [0.05, 0.1) is 6.54 Å². The molecule has 0 heterocycles. The normalized spacial score (nSPS) is 12.3. The number of nitrogens with two attached hydrogens (primary N) is 4. The molecule has 0 radical (unpaired) electrons. The molecule has 0 bridgehead atoms. The Hall–Kier alpha value is -6.19. The number of rotatable bonds is 18. The summed E-state index contributed by atoms with van der Waals surface area (Å²) in [6.45, 7) is 1.47. The standard InChI is InChI=1S/C34H45N11O5/c1-21(29(47)43-25-16-15-22-9-5-6-12-24(22)19-25)42-31(49)27(14-8-18-40-34(37)38)45-32(50)26(13-7-17-39-33(35)36)44-28(46)20-41-30(48)23-10-3-2-4-11-23/h2-6,9-12,15-16,19,21,26-27H,7-8,13-14,17-18,20H2,1H3,(H,41,48)(H,42,49)(H,43,47)(H,44,46)(H,45,50)(H4,35,36,39)(H4,37,38,40). The molecule has 13 N–H and O–H groups in total. The van der Waals surface area contributed by atoms with Gasteiger partial charge in [0.2, 0.25) is 23.6 Å². The lowest BCUT2D eigenvalue weighted by Crippen LogP contribution is -2.56. The van der Waals surface area contributed by atoms with Gasteiger partial charge >= 0.3 is 0 Å². The molecule has 3 unspecified atom stereocenters. The molecular formula is C34H45N11O5. The quantitative estimate of drug-likeness (QED) is 0.0485. The number of carbonyl (C=O) groups is 5. The van der Waals surface area contributed by atoms with E-state index in [0.29, 0.717) is 24.1 Å². The summed E-state index contributed by atoms with van der Waals surface area (Å²) in [7, 11) is 0. The zero-order valence-electron chi connectivity index (χ0n) is 27.9. The van der Waals surface area contributed by atoms with Crippen LogP contribution in [0.4, 0.5) is 5.69 Å². The lowest BCUT2D eigenvalue weighted by atomic mass is 10.1. The summed E-state index contributed by atoms with van der Waals surface area (Å²) in [6, 6.07) is 18.2. The van der Waals surface area contributed by atoms with Crippen LogP contribution in [0.3, 0.4) is 0 Å². The Morgan fingerprint density at radius 2 is 1.22 bits per heavy atom. The number of amides is 5. The number of hydrogen-bond donors (Lipinski definition) is 9. The Bertz CT molecular complexity index is 1690. The molecule has 0 spiro atoms. The SMILES string of the molecule is CC(NC(=O)C(CCCN=C(N)N)NC(=O)C(CCCN=C(N)N)NC(=O)CNC(=O)c1ccccc1)C(=O)Nc1ccc2ccccc2c1. The van der Waals surface area contributed by atoms with E-state index in [2.05, 4.69) is 36.6 Å². The van der Waals surface area contributed by atoms with Crippen LogP contribution in [-0.4, -0.2) is 79.2 Å². The zero-order valence-corrected chi connectivity index (χ0v) is 27.9. The predicted molar refractivity (Wildman–Crippen MR) is 193 cm³/mol. The molecular weight excluding hydrogens is 642 g/mol. The van der Waals surface area contributed by atoms with Crippen LogP contribution in [0, 0.1) is 0 Å². The van der Waals surface area contributed by atoms with Gasteiger partial charge in [-0.25, -0.2) is 0 Å². The number of carbonyl (C=O) groups excluding carboxylic acids is 5. The van der Waals surface area contributed by atoms with E-state index in [1.807, 2.05) is 36.4 Å². The Morgan fingerprint density at radius 3 is 1.84 bits per heavy atom. The summed E-state index contributed by atoms with van der Waals surface area (Å²) in [5.74, 6) is -3.14. The van der Waals surface area contributed by atoms with Crippen molar-refractivity contribution in [2.45, 2.75) is 50.7 Å². The van der Waals surface area contributed by atoms with E-state index in [0.717, 1.165) is 10.8 Å². The van der Waals surface area contributed by atoms with E-state index in [-0.39, 0.29) is 37.9 Å². The van der Waals surface area contributed by atoms with Crippen molar-refractivity contribution in [2.24, 2.45) is 32.9 Å².